The highest BCUT2D eigenvalue weighted by atomic mass is 16.5. The van der Waals surface area contributed by atoms with E-state index in [1.54, 1.807) is 4.90 Å². The van der Waals surface area contributed by atoms with Gasteiger partial charge in [-0.2, -0.15) is 0 Å². The van der Waals surface area contributed by atoms with E-state index in [2.05, 4.69) is 31.4 Å². The number of amides is 3. The third kappa shape index (κ3) is 5.47. The molecule has 0 aromatic heterocycles. The first-order valence-corrected chi connectivity index (χ1v) is 14.3. The highest BCUT2D eigenvalue weighted by Crippen LogP contribution is 2.63. The van der Waals surface area contributed by atoms with Crippen LogP contribution < -0.4 is 10.6 Å². The third-order valence-corrected chi connectivity index (χ3v) is 8.57. The number of para-hydroxylation sites is 1. The molecule has 6 atom stereocenters. The molecule has 8 heteroatoms. The summed E-state index contributed by atoms with van der Waals surface area (Å²) < 4.78 is 6.73. The van der Waals surface area contributed by atoms with Gasteiger partial charge >= 0.3 is 0 Å². The van der Waals surface area contributed by atoms with Crippen molar-refractivity contribution in [2.45, 2.75) is 110 Å². The van der Waals surface area contributed by atoms with E-state index in [1.165, 1.54) is 0 Å². The maximum atomic E-state index is 14.3. The van der Waals surface area contributed by atoms with E-state index in [0.717, 1.165) is 6.42 Å². The summed E-state index contributed by atoms with van der Waals surface area (Å²) in [5.41, 5.74) is -1.90. The molecule has 1 aromatic carbocycles. The lowest BCUT2D eigenvalue weighted by molar-refractivity contribution is -0.150. The lowest BCUT2D eigenvalue weighted by atomic mass is 9.66. The molecule has 39 heavy (non-hydrogen) atoms. The second kappa shape index (κ2) is 10.2. The van der Waals surface area contributed by atoms with Gasteiger partial charge in [0.05, 0.1) is 30.1 Å². The second-order valence-electron chi connectivity index (χ2n) is 14.4. The van der Waals surface area contributed by atoms with Crippen LogP contribution in [0.1, 0.15) is 81.1 Å². The van der Waals surface area contributed by atoms with E-state index in [9.17, 15) is 19.5 Å². The molecule has 216 valence electrons. The van der Waals surface area contributed by atoms with Crippen molar-refractivity contribution in [2.24, 2.45) is 23.2 Å². The van der Waals surface area contributed by atoms with Gasteiger partial charge in [-0.1, -0.05) is 52.8 Å². The molecule has 3 aliphatic heterocycles. The van der Waals surface area contributed by atoms with E-state index in [0.29, 0.717) is 24.9 Å². The molecule has 3 heterocycles. The van der Waals surface area contributed by atoms with Gasteiger partial charge in [0.2, 0.25) is 17.7 Å². The van der Waals surface area contributed by atoms with Gasteiger partial charge in [-0.05, 0) is 69.9 Å². The molecule has 1 aromatic rings. The van der Waals surface area contributed by atoms with Crippen molar-refractivity contribution in [3.63, 3.8) is 0 Å². The average molecular weight is 542 g/mol. The molecule has 8 nitrogen and oxygen atoms in total. The van der Waals surface area contributed by atoms with Crippen LogP contribution >= 0.6 is 0 Å². The van der Waals surface area contributed by atoms with Crippen molar-refractivity contribution in [3.05, 3.63) is 30.3 Å². The first-order chi connectivity index (χ1) is 18.0. The van der Waals surface area contributed by atoms with Crippen LogP contribution in [0.15, 0.2) is 30.3 Å². The topological polar surface area (TPSA) is 108 Å². The number of aliphatic hydroxyl groups is 1. The standard InChI is InChI=1S/C31H47N3O5/c1-19(2)16-21(17-35)34-24(26(37)33-29(6,7)18-28(3,4)5)31-15-14-30(8,39-31)22(23(31)27(34)38)25(36)32-20-12-10-9-11-13-20/h9-13,19,21-24,35H,14-18H2,1-8H3,(H,32,36)(H,33,37)/t21-,22+,23+,24?,30-,31?/m1/s1. The molecule has 4 rings (SSSR count). The molecule has 1 spiro atoms. The largest absolute Gasteiger partial charge is 0.394 e. The minimum absolute atomic E-state index is 0.0233. The van der Waals surface area contributed by atoms with Crippen molar-refractivity contribution in [1.82, 2.24) is 10.2 Å². The Balaban J connectivity index is 1.74. The van der Waals surface area contributed by atoms with Gasteiger partial charge in [-0.15, -0.1) is 0 Å². The van der Waals surface area contributed by atoms with Crippen LogP contribution in [0.2, 0.25) is 0 Å². The number of benzene rings is 1. The molecule has 0 aliphatic carbocycles. The summed E-state index contributed by atoms with van der Waals surface area (Å²) in [5.74, 6) is -2.19. The van der Waals surface area contributed by atoms with E-state index in [4.69, 9.17) is 4.74 Å². The number of ether oxygens (including phenoxy) is 1. The minimum Gasteiger partial charge on any atom is -0.394 e. The number of fused-ring (bicyclic) bond motifs is 1. The Bertz CT molecular complexity index is 1100. The first kappa shape index (κ1) is 29.5. The predicted octanol–water partition coefficient (Wildman–Crippen LogP) is 4.13. The minimum atomic E-state index is -1.13. The van der Waals surface area contributed by atoms with Crippen LogP contribution in [-0.4, -0.2) is 63.2 Å². The average Bonchev–Trinajstić information content (AvgIpc) is 3.36. The summed E-state index contributed by atoms with van der Waals surface area (Å²) in [5, 5.41) is 16.7. The lowest BCUT2D eigenvalue weighted by Crippen LogP contribution is -2.61. The fourth-order valence-corrected chi connectivity index (χ4v) is 7.79. The number of anilines is 1. The summed E-state index contributed by atoms with van der Waals surface area (Å²) in [7, 11) is 0. The zero-order chi connectivity index (χ0) is 29.0. The molecule has 0 radical (unpaired) electrons. The maximum Gasteiger partial charge on any atom is 0.246 e. The van der Waals surface area contributed by atoms with Gasteiger partial charge in [-0.3, -0.25) is 14.4 Å². The van der Waals surface area contributed by atoms with Gasteiger partial charge in [0.1, 0.15) is 11.6 Å². The first-order valence-electron chi connectivity index (χ1n) is 14.3. The van der Waals surface area contributed by atoms with Crippen molar-refractivity contribution >= 4 is 23.4 Å². The van der Waals surface area contributed by atoms with E-state index in [-0.39, 0.29) is 35.7 Å². The van der Waals surface area contributed by atoms with Crippen LogP contribution in [0.5, 0.6) is 0 Å². The number of carbonyl (C=O) groups is 3. The fraction of sp³-hybridized carbons (Fsp3) is 0.710. The number of nitrogens with zero attached hydrogens (tertiary/aromatic N) is 1. The molecule has 3 N–H and O–H groups in total. The number of carbonyl (C=O) groups excluding carboxylic acids is 3. The summed E-state index contributed by atoms with van der Waals surface area (Å²) in [6, 6.07) is 7.70. The Morgan fingerprint density at radius 2 is 1.74 bits per heavy atom. The smallest absolute Gasteiger partial charge is 0.246 e. The summed E-state index contributed by atoms with van der Waals surface area (Å²) >= 11 is 0. The van der Waals surface area contributed by atoms with Gasteiger partial charge in [0.15, 0.2) is 0 Å². The summed E-state index contributed by atoms with van der Waals surface area (Å²) in [6.07, 6.45) is 2.35. The molecule has 0 saturated carbocycles. The molecule has 2 unspecified atom stereocenters. The SMILES string of the molecule is CC(C)C[C@H](CO)N1C(=O)[C@@H]2[C@@H](C(=O)Nc3ccccc3)[C@@]3(C)CCC2(O3)C1C(=O)NC(C)(C)CC(C)(C)C. The number of aliphatic hydroxyl groups excluding tert-OH is 1. The number of rotatable bonds is 9. The third-order valence-electron chi connectivity index (χ3n) is 8.57. The Morgan fingerprint density at radius 1 is 1.10 bits per heavy atom. The lowest BCUT2D eigenvalue weighted by Gasteiger charge is -2.40. The van der Waals surface area contributed by atoms with E-state index >= 15 is 0 Å². The summed E-state index contributed by atoms with van der Waals surface area (Å²) in [6.45, 7) is 16.1. The molecular formula is C31H47N3O5. The Morgan fingerprint density at radius 3 is 2.31 bits per heavy atom. The Labute approximate surface area is 233 Å². The highest BCUT2D eigenvalue weighted by molar-refractivity contribution is 6.02. The Hall–Kier alpha value is -2.45. The predicted molar refractivity (Wildman–Crippen MR) is 151 cm³/mol. The number of hydrogen-bond acceptors (Lipinski definition) is 5. The van der Waals surface area contributed by atoms with Crippen molar-refractivity contribution < 1.29 is 24.2 Å². The van der Waals surface area contributed by atoms with E-state index < -0.39 is 40.7 Å². The molecule has 3 aliphatic rings. The van der Waals surface area contributed by atoms with Crippen LogP contribution in [0, 0.1) is 23.2 Å². The van der Waals surface area contributed by atoms with Gasteiger partial charge in [-0.25, -0.2) is 0 Å². The van der Waals surface area contributed by atoms with E-state index in [1.807, 2.05) is 65.0 Å². The molecule has 3 saturated heterocycles. The normalized spacial score (nSPS) is 31.0. The van der Waals surface area contributed by atoms with Gasteiger partial charge < -0.3 is 25.4 Å². The van der Waals surface area contributed by atoms with Crippen LogP contribution in [-0.2, 0) is 19.1 Å². The van der Waals surface area contributed by atoms with Crippen molar-refractivity contribution in [1.29, 1.82) is 0 Å². The van der Waals surface area contributed by atoms with Crippen LogP contribution in [0.3, 0.4) is 0 Å². The molecule has 3 amide bonds. The number of nitrogens with one attached hydrogen (secondary N) is 2. The molecular weight excluding hydrogens is 494 g/mol. The monoisotopic (exact) mass is 541 g/mol. The van der Waals surface area contributed by atoms with Crippen LogP contribution in [0.25, 0.3) is 0 Å². The second-order valence-corrected chi connectivity index (χ2v) is 14.4. The zero-order valence-electron chi connectivity index (χ0n) is 24.8. The van der Waals surface area contributed by atoms with Crippen LogP contribution in [0.4, 0.5) is 5.69 Å². The number of likely N-dealkylation sites (tertiary alicyclic amines) is 1. The zero-order valence-corrected chi connectivity index (χ0v) is 24.8. The highest BCUT2D eigenvalue weighted by Gasteiger charge is 2.78. The quantitative estimate of drug-likeness (QED) is 0.436. The Kier molecular flexibility index (Phi) is 7.71. The van der Waals surface area contributed by atoms with Gasteiger partial charge in [0, 0.05) is 11.2 Å². The summed E-state index contributed by atoms with van der Waals surface area (Å²) in [4.78, 5) is 43.9. The van der Waals surface area contributed by atoms with Crippen molar-refractivity contribution in [2.75, 3.05) is 11.9 Å². The fourth-order valence-electron chi connectivity index (χ4n) is 7.79. The van der Waals surface area contributed by atoms with Gasteiger partial charge in [0.25, 0.3) is 0 Å². The van der Waals surface area contributed by atoms with Crippen molar-refractivity contribution in [3.8, 4) is 0 Å². The number of hydrogen-bond donors (Lipinski definition) is 3. The molecule has 3 fully saturated rings. The maximum absolute atomic E-state index is 14.3. The molecule has 2 bridgehead atoms.